The number of nitrogens with zero attached hydrogens (tertiary/aromatic N) is 5. The first-order valence-electron chi connectivity index (χ1n) is 10.3. The third kappa shape index (κ3) is 13.0. The van der Waals surface area contributed by atoms with E-state index in [0.717, 1.165) is 15.0 Å². The van der Waals surface area contributed by atoms with Gasteiger partial charge in [0, 0.05) is 6.08 Å². The number of hydrogen-bond acceptors (Lipinski definition) is 8. The number of aliphatic hydroxyl groups excluding tert-OH is 1. The van der Waals surface area contributed by atoms with Gasteiger partial charge in [0.1, 0.15) is 12.2 Å². The Balaban J connectivity index is 0.00000118. The zero-order valence-electron chi connectivity index (χ0n) is 20.0. The molecule has 0 saturated heterocycles. The van der Waals surface area contributed by atoms with Gasteiger partial charge in [-0.3, -0.25) is 4.79 Å². The third-order valence-corrected chi connectivity index (χ3v) is 4.83. The molecule has 0 aliphatic carbocycles. The van der Waals surface area contributed by atoms with Crippen LogP contribution in [0.2, 0.25) is 0 Å². The van der Waals surface area contributed by atoms with E-state index >= 15 is 0 Å². The number of aromatic amines is 1. The first kappa shape index (κ1) is 31.1. The molecule has 2 heterocycles. The summed E-state index contributed by atoms with van der Waals surface area (Å²) >= 11 is 1.45. The fourth-order valence-electron chi connectivity index (χ4n) is 2.21. The van der Waals surface area contributed by atoms with Gasteiger partial charge < -0.3 is 5.32 Å². The summed E-state index contributed by atoms with van der Waals surface area (Å²) in [6, 6.07) is 0. The van der Waals surface area contributed by atoms with Crippen LogP contribution >= 0.6 is 0 Å². The molecule has 0 bridgehead atoms. The van der Waals surface area contributed by atoms with Crippen molar-refractivity contribution < 1.29 is 39.0 Å². The van der Waals surface area contributed by atoms with Crippen LogP contribution in [0.1, 0.15) is 26.3 Å². The van der Waals surface area contributed by atoms with E-state index in [9.17, 15) is 14.3 Å². The minimum absolute atomic E-state index is 0.322. The van der Waals surface area contributed by atoms with Crippen LogP contribution in [0.25, 0.3) is 0 Å². The van der Waals surface area contributed by atoms with Gasteiger partial charge in [0.2, 0.25) is 6.41 Å². The Morgan fingerprint density at radius 1 is 1.38 bits per heavy atom. The number of H-pyrrole nitrogens is 1. The van der Waals surface area contributed by atoms with Gasteiger partial charge in [0.25, 0.3) is 0 Å². The number of nitrogens with one attached hydrogen (secondary N) is 3. The second kappa shape index (κ2) is 18.5. The predicted molar refractivity (Wildman–Crippen MR) is 128 cm³/mol. The summed E-state index contributed by atoms with van der Waals surface area (Å²) in [6.07, 6.45) is 13.8. The SMILES string of the molecule is C#C/C=C(\C)F.CC.CN(C/C=C/N(C)C(O)Nc1nc[nH]c1[At])Cc1cncnc1NC=O. The number of likely N-dealkylation sites (N-methyl/N-ethyl adjacent to an activating group) is 1. The number of carbonyl (C=O) groups excluding carboxylic acids is 1. The topological polar surface area (TPSA) is 122 Å². The van der Waals surface area contributed by atoms with E-state index in [1.807, 2.05) is 37.8 Å². The van der Waals surface area contributed by atoms with Gasteiger partial charge in [-0.05, 0) is 6.92 Å². The van der Waals surface area contributed by atoms with Crippen molar-refractivity contribution in [3.8, 4) is 12.3 Å². The van der Waals surface area contributed by atoms with Crippen LogP contribution in [0.4, 0.5) is 16.0 Å². The van der Waals surface area contributed by atoms with E-state index < -0.39 is 6.35 Å². The van der Waals surface area contributed by atoms with Gasteiger partial charge in [-0.25, -0.2) is 14.4 Å². The summed E-state index contributed by atoms with van der Waals surface area (Å²) in [5.41, 5.74) is 0.821. The molecule has 2 aromatic heterocycles. The minimum atomic E-state index is -0.890. The van der Waals surface area contributed by atoms with Crippen molar-refractivity contribution in [1.82, 2.24) is 29.7 Å². The molecule has 186 valence electrons. The van der Waals surface area contributed by atoms with Crippen molar-refractivity contribution in [2.24, 2.45) is 0 Å². The van der Waals surface area contributed by atoms with Gasteiger partial charge >= 0.3 is 134 Å². The van der Waals surface area contributed by atoms with E-state index in [0.29, 0.717) is 31.1 Å². The van der Waals surface area contributed by atoms with Crippen LogP contribution in [0.15, 0.2) is 43.0 Å². The molecule has 0 spiro atoms. The van der Waals surface area contributed by atoms with E-state index in [-0.39, 0.29) is 5.83 Å². The molecular formula is C22H32AtFN8O2. The molecule has 4 N–H and O–H groups in total. The molecule has 2 aromatic rings. The summed E-state index contributed by atoms with van der Waals surface area (Å²) < 4.78 is 12.3. The number of terminal acetylenes is 1. The Bertz CT molecular complexity index is 941. The fraction of sp³-hybridized carbons (Fsp3) is 0.364. The van der Waals surface area contributed by atoms with E-state index in [2.05, 4.69) is 37.0 Å². The predicted octanol–water partition coefficient (Wildman–Crippen LogP) is 1.73. The molecule has 10 nitrogen and oxygen atoms in total. The molecule has 2 rings (SSSR count). The number of carbonyl (C=O) groups is 1. The number of aromatic nitrogens is 4. The molecule has 0 aliphatic rings. The van der Waals surface area contributed by atoms with Crippen LogP contribution in [0, 0.1) is 37.1 Å². The number of amides is 1. The zero-order valence-corrected chi connectivity index (χ0v) is 22.9. The van der Waals surface area contributed by atoms with Crippen LogP contribution in [-0.2, 0) is 11.3 Å². The zero-order chi connectivity index (χ0) is 25.9. The Labute approximate surface area is 215 Å². The van der Waals surface area contributed by atoms with E-state index in [4.69, 9.17) is 0 Å². The maximum absolute atomic E-state index is 11.4. The van der Waals surface area contributed by atoms with Crippen LogP contribution in [0.5, 0.6) is 0 Å². The quantitative estimate of drug-likeness (QED) is 0.172. The molecule has 0 radical (unpaired) electrons. The van der Waals surface area contributed by atoms with E-state index in [1.165, 1.54) is 38.0 Å². The number of halogens is 1. The average molecular weight is 670 g/mol. The van der Waals surface area contributed by atoms with Crippen LogP contribution in [0.3, 0.4) is 0 Å². The smallest absolute Gasteiger partial charge is 0.313 e. The number of allylic oxidation sites excluding steroid dienone is 2. The van der Waals surface area contributed by atoms with Crippen LogP contribution < -0.4 is 14.0 Å². The number of imidazole rings is 1. The normalized spacial score (nSPS) is 11.5. The Morgan fingerprint density at radius 2 is 2.09 bits per heavy atom. The van der Waals surface area contributed by atoms with Crippen molar-refractivity contribution >= 4 is 21.4 Å². The molecule has 0 fully saturated rings. The Hall–Kier alpha value is -2.87. The molecule has 34 heavy (non-hydrogen) atoms. The molecular weight excluding hydrogens is 637 g/mol. The first-order valence-corrected chi connectivity index (χ1v) is 11.7. The van der Waals surface area contributed by atoms with Crippen molar-refractivity contribution in [2.75, 3.05) is 31.3 Å². The minimum Gasteiger partial charge on any atom is -0.313 e. The summed E-state index contributed by atoms with van der Waals surface area (Å²) in [6.45, 7) is 6.51. The second-order valence-electron chi connectivity index (χ2n) is 6.39. The summed E-state index contributed by atoms with van der Waals surface area (Å²) in [5, 5.41) is 15.6. The third-order valence-electron chi connectivity index (χ3n) is 3.71. The van der Waals surface area contributed by atoms with Crippen LogP contribution in [-0.4, -0.2) is 68.2 Å². The number of aliphatic hydroxyl groups is 1. The average Bonchev–Trinajstić information content (AvgIpc) is 3.21. The second-order valence-corrected chi connectivity index (χ2v) is 7.86. The molecule has 0 aliphatic heterocycles. The molecule has 1 unspecified atom stereocenters. The van der Waals surface area contributed by atoms with Crippen molar-refractivity contribution in [2.45, 2.75) is 33.7 Å². The van der Waals surface area contributed by atoms with Gasteiger partial charge in [0.05, 0.1) is 0 Å². The Kier molecular flexibility index (Phi) is 17.0. The standard InChI is InChI=1S/C15H21AtN8O2.C5H5F.C2H6/c1-23(7-11-6-17-8-19-13(11)21-10-25)4-3-5-24(2)15(26)22-14-12(16)18-9-20-14;1-3-4-5(2)6;1-2/h3,5-6,8-10,15,22,26H,4,7H2,1-2H3,(H,18,20)(H,17,19,21,25);1,4H,2H3;1-2H3/b5-3+;5-4+;. The number of rotatable bonds is 10. The maximum atomic E-state index is 11.4. The summed E-state index contributed by atoms with van der Waals surface area (Å²) in [5.74, 6) is 2.84. The molecule has 0 aromatic carbocycles. The van der Waals surface area contributed by atoms with Crippen molar-refractivity contribution in [3.05, 3.63) is 48.6 Å². The van der Waals surface area contributed by atoms with Crippen molar-refractivity contribution in [3.63, 3.8) is 0 Å². The van der Waals surface area contributed by atoms with Gasteiger partial charge in [-0.2, -0.15) is 0 Å². The van der Waals surface area contributed by atoms with Gasteiger partial charge in [-0.1, -0.05) is 19.8 Å². The molecule has 0 saturated carbocycles. The van der Waals surface area contributed by atoms with Gasteiger partial charge in [0.15, 0.2) is 0 Å². The molecule has 12 heteroatoms. The number of anilines is 2. The summed E-state index contributed by atoms with van der Waals surface area (Å²) in [4.78, 5) is 29.4. The number of hydrogen-bond donors (Lipinski definition) is 4. The molecule has 1 atom stereocenters. The summed E-state index contributed by atoms with van der Waals surface area (Å²) in [7, 11) is 3.70. The fourth-order valence-corrected chi connectivity index (χ4v) is 2.80. The van der Waals surface area contributed by atoms with Gasteiger partial charge in [-0.15, -0.1) is 6.42 Å². The Morgan fingerprint density at radius 3 is 2.62 bits per heavy atom. The van der Waals surface area contributed by atoms with E-state index in [1.54, 1.807) is 30.7 Å². The monoisotopic (exact) mass is 669 g/mol. The van der Waals surface area contributed by atoms with Crippen molar-refractivity contribution in [1.29, 1.82) is 0 Å². The first-order chi connectivity index (χ1) is 16.3. The molecule has 1 amide bonds.